The smallest absolute Gasteiger partial charge is 0.331 e. The highest BCUT2D eigenvalue weighted by Crippen LogP contribution is 2.36. The van der Waals surface area contributed by atoms with Gasteiger partial charge in [0.1, 0.15) is 5.25 Å². The molecule has 3 rings (SSSR count). The van der Waals surface area contributed by atoms with Crippen LogP contribution >= 0.6 is 23.1 Å². The fourth-order valence-corrected chi connectivity index (χ4v) is 4.10. The van der Waals surface area contributed by atoms with E-state index in [0.717, 1.165) is 16.5 Å². The largest absolute Gasteiger partial charge is 0.478 e. The highest BCUT2D eigenvalue weighted by Gasteiger charge is 2.22. The summed E-state index contributed by atoms with van der Waals surface area (Å²) in [5, 5.41) is 16.1. The van der Waals surface area contributed by atoms with Crippen molar-refractivity contribution in [2.45, 2.75) is 17.1 Å². The molecule has 0 radical (unpaired) electrons. The number of thiazole rings is 1. The summed E-state index contributed by atoms with van der Waals surface area (Å²) in [5.41, 5.74) is 1.32. The van der Waals surface area contributed by atoms with Crippen molar-refractivity contribution in [1.29, 1.82) is 0 Å². The Morgan fingerprint density at radius 1 is 1.06 bits per heavy atom. The van der Waals surface area contributed by atoms with Crippen LogP contribution in [0.2, 0.25) is 0 Å². The molecule has 0 saturated carbocycles. The summed E-state index contributed by atoms with van der Waals surface area (Å²) in [6.07, 6.45) is 2.66. The van der Waals surface area contributed by atoms with Gasteiger partial charge in [-0.05, 0) is 36.8 Å². The van der Waals surface area contributed by atoms with Crippen LogP contribution in [0.4, 0.5) is 10.8 Å². The lowest BCUT2D eigenvalue weighted by atomic mass is 10.1. The maximum atomic E-state index is 12.9. The Bertz CT molecular complexity index is 1080. The van der Waals surface area contributed by atoms with E-state index in [1.165, 1.54) is 30.0 Å². The zero-order valence-corrected chi connectivity index (χ0v) is 18.1. The molecule has 0 saturated heterocycles. The predicted molar refractivity (Wildman–Crippen MR) is 122 cm³/mol. The van der Waals surface area contributed by atoms with Gasteiger partial charge in [0.05, 0.1) is 0 Å². The number of carboxylic acid groups (broad SMARTS) is 1. The molecule has 7 nitrogen and oxygen atoms in total. The molecule has 158 valence electrons. The van der Waals surface area contributed by atoms with Crippen LogP contribution < -0.4 is 10.6 Å². The van der Waals surface area contributed by atoms with Crippen molar-refractivity contribution in [2.24, 2.45) is 0 Å². The first-order chi connectivity index (χ1) is 14.9. The van der Waals surface area contributed by atoms with Gasteiger partial charge in [-0.25, -0.2) is 9.78 Å². The molecule has 1 atom stereocenters. The fourth-order valence-electron chi connectivity index (χ4n) is 2.55. The number of amides is 2. The van der Waals surface area contributed by atoms with Crippen LogP contribution in [0, 0.1) is 0 Å². The number of rotatable bonds is 8. The first-order valence-corrected chi connectivity index (χ1v) is 10.9. The average Bonchev–Trinajstić information content (AvgIpc) is 3.26. The van der Waals surface area contributed by atoms with Gasteiger partial charge >= 0.3 is 5.97 Å². The third kappa shape index (κ3) is 6.53. The minimum atomic E-state index is -1.15. The maximum Gasteiger partial charge on any atom is 0.331 e. The molecule has 0 bridgehead atoms. The van der Waals surface area contributed by atoms with Crippen molar-refractivity contribution in [3.63, 3.8) is 0 Å². The standard InChI is InChI=1S/C22H19N3O4S2/c1-14(21(28)29)13-18(26)24-16-7-9-17(10-8-16)31-19(15-5-3-2-4-6-15)20(27)25-22-23-11-12-30-22/h2-13,19H,1H3,(H,24,26)(H,28,29)(H,23,25,27)/b14-13-. The quantitative estimate of drug-likeness (QED) is 0.340. The number of aromatic nitrogens is 1. The Balaban J connectivity index is 1.72. The van der Waals surface area contributed by atoms with Crippen LogP contribution in [0.15, 0.2) is 82.7 Å². The molecule has 9 heteroatoms. The molecule has 3 N–H and O–H groups in total. The van der Waals surface area contributed by atoms with E-state index in [1.54, 1.807) is 35.8 Å². The zero-order valence-electron chi connectivity index (χ0n) is 16.4. The van der Waals surface area contributed by atoms with Gasteiger partial charge < -0.3 is 15.7 Å². The SMILES string of the molecule is C/C(=C/C(=O)Nc1ccc(SC(C(=O)Nc2nccs2)c2ccccc2)cc1)C(=O)O. The minimum Gasteiger partial charge on any atom is -0.478 e. The predicted octanol–water partition coefficient (Wildman–Crippen LogP) is 4.58. The lowest BCUT2D eigenvalue weighted by molar-refractivity contribution is -0.132. The summed E-state index contributed by atoms with van der Waals surface area (Å²) in [6, 6.07) is 16.4. The molecule has 2 amide bonds. The molecule has 1 unspecified atom stereocenters. The second-order valence-corrected chi connectivity index (χ2v) is 8.45. The number of carboxylic acids is 1. The number of benzene rings is 2. The molecule has 0 spiro atoms. The maximum absolute atomic E-state index is 12.9. The van der Waals surface area contributed by atoms with Gasteiger partial charge in [-0.1, -0.05) is 30.3 Å². The van der Waals surface area contributed by atoms with Crippen molar-refractivity contribution in [3.8, 4) is 0 Å². The van der Waals surface area contributed by atoms with E-state index in [1.807, 2.05) is 30.3 Å². The van der Waals surface area contributed by atoms with Gasteiger partial charge in [-0.3, -0.25) is 9.59 Å². The lowest BCUT2D eigenvalue weighted by Crippen LogP contribution is -2.18. The van der Waals surface area contributed by atoms with E-state index >= 15 is 0 Å². The van der Waals surface area contributed by atoms with Crippen molar-refractivity contribution >= 4 is 51.7 Å². The van der Waals surface area contributed by atoms with E-state index in [2.05, 4.69) is 15.6 Å². The fraction of sp³-hybridized carbons (Fsp3) is 0.0909. The van der Waals surface area contributed by atoms with Crippen molar-refractivity contribution in [3.05, 3.63) is 83.4 Å². The first-order valence-electron chi connectivity index (χ1n) is 9.17. The van der Waals surface area contributed by atoms with Gasteiger partial charge in [0, 0.05) is 33.8 Å². The normalized spacial score (nSPS) is 12.1. The molecular formula is C22H19N3O4S2. The van der Waals surface area contributed by atoms with Crippen molar-refractivity contribution in [2.75, 3.05) is 10.6 Å². The van der Waals surface area contributed by atoms with E-state index < -0.39 is 17.1 Å². The van der Waals surface area contributed by atoms with Crippen LogP contribution in [0.5, 0.6) is 0 Å². The van der Waals surface area contributed by atoms with Gasteiger partial charge in [0.15, 0.2) is 5.13 Å². The van der Waals surface area contributed by atoms with Crippen LogP contribution in [0.1, 0.15) is 17.7 Å². The number of aliphatic carboxylic acids is 1. The van der Waals surface area contributed by atoms with E-state index in [9.17, 15) is 14.4 Å². The van der Waals surface area contributed by atoms with Crippen LogP contribution in [0.25, 0.3) is 0 Å². The van der Waals surface area contributed by atoms with Crippen LogP contribution in [-0.2, 0) is 14.4 Å². The molecule has 1 aromatic heterocycles. The van der Waals surface area contributed by atoms with E-state index in [0.29, 0.717) is 10.8 Å². The van der Waals surface area contributed by atoms with Crippen LogP contribution in [-0.4, -0.2) is 27.9 Å². The number of hydrogen-bond donors (Lipinski definition) is 3. The number of hydrogen-bond acceptors (Lipinski definition) is 6. The second-order valence-electron chi connectivity index (χ2n) is 6.38. The number of carbonyl (C=O) groups is 3. The summed E-state index contributed by atoms with van der Waals surface area (Å²) in [5.74, 6) is -1.85. The van der Waals surface area contributed by atoms with E-state index in [4.69, 9.17) is 5.11 Å². The summed E-state index contributed by atoms with van der Waals surface area (Å²) >= 11 is 2.73. The van der Waals surface area contributed by atoms with Gasteiger partial charge in [-0.2, -0.15) is 0 Å². The average molecular weight is 454 g/mol. The molecule has 2 aromatic carbocycles. The second kappa shape index (κ2) is 10.6. The third-order valence-electron chi connectivity index (χ3n) is 4.06. The number of nitrogens with zero attached hydrogens (tertiary/aromatic N) is 1. The Morgan fingerprint density at radius 3 is 2.39 bits per heavy atom. The van der Waals surface area contributed by atoms with Gasteiger partial charge in [-0.15, -0.1) is 23.1 Å². The highest BCUT2D eigenvalue weighted by molar-refractivity contribution is 8.00. The molecule has 0 fully saturated rings. The molecule has 0 aliphatic rings. The Hall–Kier alpha value is -3.43. The molecular weight excluding hydrogens is 434 g/mol. The zero-order chi connectivity index (χ0) is 22.2. The number of thioether (sulfide) groups is 1. The topological polar surface area (TPSA) is 108 Å². The molecule has 0 aliphatic carbocycles. The Labute approximate surface area is 187 Å². The van der Waals surface area contributed by atoms with Crippen molar-refractivity contribution in [1.82, 2.24) is 4.98 Å². The third-order valence-corrected chi connectivity index (χ3v) is 6.02. The Morgan fingerprint density at radius 2 is 1.77 bits per heavy atom. The molecule has 0 aliphatic heterocycles. The first kappa shape index (κ1) is 22.3. The number of nitrogens with one attached hydrogen (secondary N) is 2. The summed E-state index contributed by atoms with van der Waals surface area (Å²) in [7, 11) is 0. The van der Waals surface area contributed by atoms with E-state index in [-0.39, 0.29) is 11.5 Å². The lowest BCUT2D eigenvalue weighted by Gasteiger charge is -2.16. The summed E-state index contributed by atoms with van der Waals surface area (Å²) in [6.45, 7) is 1.35. The molecule has 31 heavy (non-hydrogen) atoms. The molecule has 3 aromatic rings. The van der Waals surface area contributed by atoms with Gasteiger partial charge in [0.2, 0.25) is 11.8 Å². The minimum absolute atomic E-state index is 0.0541. The van der Waals surface area contributed by atoms with Crippen LogP contribution in [0.3, 0.4) is 0 Å². The number of carbonyl (C=O) groups excluding carboxylic acids is 2. The summed E-state index contributed by atoms with van der Waals surface area (Å²) in [4.78, 5) is 40.6. The highest BCUT2D eigenvalue weighted by atomic mass is 32.2. The van der Waals surface area contributed by atoms with Crippen molar-refractivity contribution < 1.29 is 19.5 Å². The summed E-state index contributed by atoms with van der Waals surface area (Å²) < 4.78 is 0. The van der Waals surface area contributed by atoms with Gasteiger partial charge in [0.25, 0.3) is 0 Å². The monoisotopic (exact) mass is 453 g/mol. The molecule has 1 heterocycles. The Kier molecular flexibility index (Phi) is 7.58. The number of anilines is 2.